The Labute approximate surface area is 204 Å². The minimum Gasteiger partial charge on any atom is -0.407 e. The SMILES string of the molecule is CCCC[C@@](C)(OC(=O)NC(C)(C)C)OC(=O)N(Cc1ccc(C)cc1)Cc1ccc(C)cc1. The first-order valence-corrected chi connectivity index (χ1v) is 12.0. The number of ether oxygens (including phenoxy) is 2. The maximum absolute atomic E-state index is 13.4. The van der Waals surface area contributed by atoms with Gasteiger partial charge in [-0.3, -0.25) is 4.90 Å². The van der Waals surface area contributed by atoms with E-state index in [0.717, 1.165) is 35.1 Å². The number of alkyl carbamates (subject to hydrolysis) is 1. The van der Waals surface area contributed by atoms with E-state index in [-0.39, 0.29) is 0 Å². The van der Waals surface area contributed by atoms with Crippen molar-refractivity contribution in [2.75, 3.05) is 0 Å². The third kappa shape index (κ3) is 9.46. The normalized spacial score (nSPS) is 13.0. The Balaban J connectivity index is 2.24. The molecule has 0 unspecified atom stereocenters. The van der Waals surface area contributed by atoms with Crippen LogP contribution in [-0.4, -0.2) is 28.4 Å². The van der Waals surface area contributed by atoms with Crippen LogP contribution in [0.4, 0.5) is 9.59 Å². The first kappa shape index (κ1) is 27.2. The number of carbonyl (C=O) groups is 2. The van der Waals surface area contributed by atoms with Gasteiger partial charge in [0, 0.05) is 32.0 Å². The van der Waals surface area contributed by atoms with Crippen molar-refractivity contribution in [1.82, 2.24) is 10.2 Å². The Morgan fingerprint density at radius 1 is 0.824 bits per heavy atom. The van der Waals surface area contributed by atoms with Crippen molar-refractivity contribution in [3.63, 3.8) is 0 Å². The molecule has 2 aromatic carbocycles. The van der Waals surface area contributed by atoms with Gasteiger partial charge in [-0.2, -0.15) is 0 Å². The number of nitrogens with zero attached hydrogens (tertiary/aromatic N) is 1. The first-order valence-electron chi connectivity index (χ1n) is 12.0. The smallest absolute Gasteiger partial charge is 0.407 e. The molecule has 6 heteroatoms. The third-order valence-corrected chi connectivity index (χ3v) is 5.32. The highest BCUT2D eigenvalue weighted by Gasteiger charge is 2.35. The van der Waals surface area contributed by atoms with Crippen molar-refractivity contribution in [1.29, 1.82) is 0 Å². The minimum atomic E-state index is -1.37. The quantitative estimate of drug-likeness (QED) is 0.408. The fourth-order valence-electron chi connectivity index (χ4n) is 3.41. The number of unbranched alkanes of at least 4 members (excludes halogenated alkanes) is 1. The topological polar surface area (TPSA) is 67.9 Å². The van der Waals surface area contributed by atoms with E-state index in [1.165, 1.54) is 0 Å². The summed E-state index contributed by atoms with van der Waals surface area (Å²) in [7, 11) is 0. The molecular formula is C28H40N2O4. The van der Waals surface area contributed by atoms with Crippen molar-refractivity contribution in [2.24, 2.45) is 0 Å². The lowest BCUT2D eigenvalue weighted by molar-refractivity contribution is -0.162. The van der Waals surface area contributed by atoms with E-state index in [1.54, 1.807) is 11.8 Å². The summed E-state index contributed by atoms with van der Waals surface area (Å²) in [6.45, 7) is 14.1. The molecule has 0 aromatic heterocycles. The summed E-state index contributed by atoms with van der Waals surface area (Å²) in [6.07, 6.45) is 0.914. The van der Waals surface area contributed by atoms with Gasteiger partial charge in [0.05, 0.1) is 0 Å². The van der Waals surface area contributed by atoms with E-state index >= 15 is 0 Å². The fourth-order valence-corrected chi connectivity index (χ4v) is 3.41. The number of amides is 2. The van der Waals surface area contributed by atoms with Gasteiger partial charge in [-0.05, 0) is 52.2 Å². The summed E-state index contributed by atoms with van der Waals surface area (Å²) in [5.41, 5.74) is 3.84. The molecule has 0 fully saturated rings. The van der Waals surface area contributed by atoms with Gasteiger partial charge in [0.1, 0.15) is 0 Å². The van der Waals surface area contributed by atoms with E-state index < -0.39 is 23.5 Å². The number of nitrogens with one attached hydrogen (secondary N) is 1. The molecule has 186 valence electrons. The Bertz CT molecular complexity index is 885. The van der Waals surface area contributed by atoms with Crippen molar-refractivity contribution in [3.8, 4) is 0 Å². The van der Waals surface area contributed by atoms with Crippen LogP contribution >= 0.6 is 0 Å². The van der Waals surface area contributed by atoms with E-state index in [9.17, 15) is 9.59 Å². The lowest BCUT2D eigenvalue weighted by atomic mass is 10.1. The number of carbonyl (C=O) groups excluding carboxylic acids is 2. The lowest BCUT2D eigenvalue weighted by Gasteiger charge is -2.33. The van der Waals surface area contributed by atoms with Crippen LogP contribution in [0, 0.1) is 13.8 Å². The van der Waals surface area contributed by atoms with Crippen molar-refractivity contribution < 1.29 is 19.1 Å². The van der Waals surface area contributed by atoms with Crippen LogP contribution in [0.3, 0.4) is 0 Å². The van der Waals surface area contributed by atoms with Gasteiger partial charge in [0.25, 0.3) is 5.79 Å². The maximum Gasteiger partial charge on any atom is 0.413 e. The zero-order valence-corrected chi connectivity index (χ0v) is 21.7. The highest BCUT2D eigenvalue weighted by Crippen LogP contribution is 2.24. The van der Waals surface area contributed by atoms with Crippen molar-refractivity contribution >= 4 is 12.2 Å². The highest BCUT2D eigenvalue weighted by molar-refractivity contribution is 5.70. The van der Waals surface area contributed by atoms with Crippen LogP contribution in [0.15, 0.2) is 48.5 Å². The maximum atomic E-state index is 13.4. The highest BCUT2D eigenvalue weighted by atomic mass is 16.7. The zero-order chi connectivity index (χ0) is 25.4. The van der Waals surface area contributed by atoms with Gasteiger partial charge in [-0.15, -0.1) is 0 Å². The van der Waals surface area contributed by atoms with E-state index in [2.05, 4.69) is 5.32 Å². The van der Waals surface area contributed by atoms with Crippen LogP contribution in [-0.2, 0) is 22.6 Å². The van der Waals surface area contributed by atoms with Gasteiger partial charge in [0.2, 0.25) is 0 Å². The Morgan fingerprint density at radius 2 is 1.29 bits per heavy atom. The Hall–Kier alpha value is -3.02. The minimum absolute atomic E-state index is 0.380. The van der Waals surface area contributed by atoms with Crippen LogP contribution in [0.2, 0.25) is 0 Å². The standard InChI is InChI=1S/C28H40N2O4/c1-8-9-18-28(7,33-25(31)29-27(4,5)6)34-26(32)30(19-23-14-10-21(2)11-15-23)20-24-16-12-22(3)13-17-24/h10-17H,8-9,18-20H2,1-7H3,(H,29,31)/t28-/m0/s1. The summed E-state index contributed by atoms with van der Waals surface area (Å²) in [5, 5.41) is 2.78. The molecule has 0 saturated heterocycles. The fraction of sp³-hybridized carbons (Fsp3) is 0.500. The number of hydrogen-bond acceptors (Lipinski definition) is 4. The number of aryl methyl sites for hydroxylation is 2. The second-order valence-electron chi connectivity index (χ2n) is 10.2. The molecule has 6 nitrogen and oxygen atoms in total. The number of hydrogen-bond donors (Lipinski definition) is 1. The molecule has 34 heavy (non-hydrogen) atoms. The summed E-state index contributed by atoms with van der Waals surface area (Å²) < 4.78 is 11.5. The molecule has 0 spiro atoms. The largest absolute Gasteiger partial charge is 0.413 e. The van der Waals surface area contributed by atoms with Gasteiger partial charge in [-0.1, -0.05) is 73.0 Å². The Kier molecular flexibility index (Phi) is 9.54. The molecule has 2 amide bonds. The summed E-state index contributed by atoms with van der Waals surface area (Å²) in [6, 6.07) is 16.1. The molecule has 2 rings (SSSR count). The number of benzene rings is 2. The van der Waals surface area contributed by atoms with Crippen molar-refractivity contribution in [3.05, 3.63) is 70.8 Å². The van der Waals surface area contributed by atoms with E-state index in [1.807, 2.05) is 90.1 Å². The third-order valence-electron chi connectivity index (χ3n) is 5.32. The van der Waals surface area contributed by atoms with Crippen LogP contribution in [0.25, 0.3) is 0 Å². The molecule has 1 atom stereocenters. The summed E-state index contributed by atoms with van der Waals surface area (Å²) in [5.74, 6) is -1.37. The Morgan fingerprint density at radius 3 is 1.71 bits per heavy atom. The van der Waals surface area contributed by atoms with Crippen LogP contribution in [0.1, 0.15) is 76.1 Å². The van der Waals surface area contributed by atoms with Gasteiger partial charge >= 0.3 is 12.2 Å². The molecule has 0 aliphatic rings. The summed E-state index contributed by atoms with van der Waals surface area (Å²) >= 11 is 0. The second-order valence-corrected chi connectivity index (χ2v) is 10.2. The molecule has 1 N–H and O–H groups in total. The monoisotopic (exact) mass is 468 g/mol. The van der Waals surface area contributed by atoms with Crippen molar-refractivity contribution in [2.45, 2.75) is 92.1 Å². The second kappa shape index (κ2) is 11.9. The lowest BCUT2D eigenvalue weighted by Crippen LogP contribution is -2.48. The molecule has 2 aromatic rings. The zero-order valence-electron chi connectivity index (χ0n) is 21.7. The van der Waals surface area contributed by atoms with Gasteiger partial charge < -0.3 is 14.8 Å². The van der Waals surface area contributed by atoms with E-state index in [0.29, 0.717) is 19.5 Å². The predicted octanol–water partition coefficient (Wildman–Crippen LogP) is 6.87. The number of rotatable bonds is 9. The van der Waals surface area contributed by atoms with Crippen LogP contribution in [0.5, 0.6) is 0 Å². The van der Waals surface area contributed by atoms with Gasteiger partial charge in [-0.25, -0.2) is 9.59 Å². The first-order chi connectivity index (χ1) is 15.9. The molecule has 0 bridgehead atoms. The van der Waals surface area contributed by atoms with Gasteiger partial charge in [0.15, 0.2) is 0 Å². The molecule has 0 saturated carbocycles. The summed E-state index contributed by atoms with van der Waals surface area (Å²) in [4.78, 5) is 27.6. The molecular weight excluding hydrogens is 428 g/mol. The molecule has 0 radical (unpaired) electrons. The molecule has 0 aliphatic heterocycles. The van der Waals surface area contributed by atoms with Crippen LogP contribution < -0.4 is 5.32 Å². The average molecular weight is 469 g/mol. The predicted molar refractivity (Wildman–Crippen MR) is 135 cm³/mol. The molecule has 0 heterocycles. The molecule has 0 aliphatic carbocycles. The average Bonchev–Trinajstić information content (AvgIpc) is 2.73. The van der Waals surface area contributed by atoms with E-state index in [4.69, 9.17) is 9.47 Å².